The smallest absolute Gasteiger partial charge is 0.305 e. The zero-order valence-electron chi connectivity index (χ0n) is 10.1. The van der Waals surface area contributed by atoms with Crippen LogP contribution in [0.4, 0.5) is 11.4 Å². The number of hydrogen-bond donors (Lipinski definition) is 1. The summed E-state index contributed by atoms with van der Waals surface area (Å²) in [6.45, 7) is 0.294. The standard InChI is InChI=1S/C12H13BrN2O4/c13-8-1-4-10(11(7-8)15(18)19)14(9-2-3-9)6-5-12(16)17/h1,4,7,9H,2-3,5-6H2,(H,16,17). The van der Waals surface area contributed by atoms with Gasteiger partial charge < -0.3 is 10.0 Å². The van der Waals surface area contributed by atoms with Gasteiger partial charge in [-0.2, -0.15) is 0 Å². The number of benzene rings is 1. The molecule has 1 fully saturated rings. The molecule has 0 aromatic heterocycles. The maximum atomic E-state index is 11.1. The van der Waals surface area contributed by atoms with Crippen LogP contribution in [-0.4, -0.2) is 28.6 Å². The van der Waals surface area contributed by atoms with Crippen LogP contribution in [0.15, 0.2) is 22.7 Å². The van der Waals surface area contributed by atoms with Crippen LogP contribution in [0.3, 0.4) is 0 Å². The minimum atomic E-state index is -0.898. The molecule has 19 heavy (non-hydrogen) atoms. The summed E-state index contributed by atoms with van der Waals surface area (Å²) in [4.78, 5) is 23.2. The third kappa shape index (κ3) is 3.44. The quantitative estimate of drug-likeness (QED) is 0.641. The van der Waals surface area contributed by atoms with E-state index in [4.69, 9.17) is 5.11 Å². The van der Waals surface area contributed by atoms with E-state index >= 15 is 0 Å². The molecule has 1 N–H and O–H groups in total. The molecule has 0 spiro atoms. The number of carboxylic acids is 1. The van der Waals surface area contributed by atoms with Gasteiger partial charge in [-0.1, -0.05) is 15.9 Å². The first kappa shape index (κ1) is 13.8. The second kappa shape index (κ2) is 5.56. The lowest BCUT2D eigenvalue weighted by Crippen LogP contribution is -2.29. The summed E-state index contributed by atoms with van der Waals surface area (Å²) >= 11 is 3.21. The topological polar surface area (TPSA) is 83.7 Å². The van der Waals surface area contributed by atoms with Gasteiger partial charge in [0.15, 0.2) is 0 Å². The molecule has 0 aliphatic heterocycles. The molecule has 1 aliphatic carbocycles. The summed E-state index contributed by atoms with van der Waals surface area (Å²) in [6, 6.07) is 5.08. The molecule has 7 heteroatoms. The van der Waals surface area contributed by atoms with Gasteiger partial charge in [0, 0.05) is 23.1 Å². The Kier molecular flexibility index (Phi) is 4.04. The average Bonchev–Trinajstić information content (AvgIpc) is 3.14. The lowest BCUT2D eigenvalue weighted by atomic mass is 10.2. The highest BCUT2D eigenvalue weighted by atomic mass is 79.9. The van der Waals surface area contributed by atoms with E-state index in [1.807, 2.05) is 4.90 Å². The van der Waals surface area contributed by atoms with E-state index in [9.17, 15) is 14.9 Å². The van der Waals surface area contributed by atoms with E-state index in [2.05, 4.69) is 15.9 Å². The first-order valence-electron chi connectivity index (χ1n) is 5.91. The Hall–Kier alpha value is -1.63. The molecule has 0 unspecified atom stereocenters. The molecule has 0 amide bonds. The zero-order valence-corrected chi connectivity index (χ0v) is 11.7. The van der Waals surface area contributed by atoms with Gasteiger partial charge in [-0.25, -0.2) is 0 Å². The predicted molar refractivity (Wildman–Crippen MR) is 73.4 cm³/mol. The molecule has 0 radical (unpaired) electrons. The van der Waals surface area contributed by atoms with Crippen LogP contribution in [0.5, 0.6) is 0 Å². The fourth-order valence-electron chi connectivity index (χ4n) is 1.99. The molecule has 102 valence electrons. The highest BCUT2D eigenvalue weighted by molar-refractivity contribution is 9.10. The zero-order chi connectivity index (χ0) is 14.0. The number of nitrogens with zero attached hydrogens (tertiary/aromatic N) is 2. The Morgan fingerprint density at radius 1 is 1.53 bits per heavy atom. The molecule has 1 aliphatic rings. The van der Waals surface area contributed by atoms with Crippen LogP contribution < -0.4 is 4.90 Å². The van der Waals surface area contributed by atoms with Gasteiger partial charge in [-0.15, -0.1) is 0 Å². The highest BCUT2D eigenvalue weighted by Gasteiger charge is 2.33. The summed E-state index contributed by atoms with van der Waals surface area (Å²) in [5.41, 5.74) is 0.503. The molecule has 1 aromatic carbocycles. The van der Waals surface area contributed by atoms with Crippen molar-refractivity contribution in [3.63, 3.8) is 0 Å². The Morgan fingerprint density at radius 3 is 2.74 bits per heavy atom. The largest absolute Gasteiger partial charge is 0.481 e. The first-order valence-corrected chi connectivity index (χ1v) is 6.70. The van der Waals surface area contributed by atoms with E-state index in [1.165, 1.54) is 6.07 Å². The van der Waals surface area contributed by atoms with Crippen molar-refractivity contribution in [2.45, 2.75) is 25.3 Å². The fourth-order valence-corrected chi connectivity index (χ4v) is 2.34. The fraction of sp³-hybridized carbons (Fsp3) is 0.417. The highest BCUT2D eigenvalue weighted by Crippen LogP contribution is 2.38. The van der Waals surface area contributed by atoms with Crippen molar-refractivity contribution in [2.75, 3.05) is 11.4 Å². The minimum Gasteiger partial charge on any atom is -0.481 e. The maximum Gasteiger partial charge on any atom is 0.305 e. The van der Waals surface area contributed by atoms with Gasteiger partial charge in [0.2, 0.25) is 0 Å². The van der Waals surface area contributed by atoms with E-state index in [1.54, 1.807) is 12.1 Å². The van der Waals surface area contributed by atoms with Crippen molar-refractivity contribution in [3.8, 4) is 0 Å². The van der Waals surface area contributed by atoms with E-state index in [0.29, 0.717) is 16.7 Å². The number of nitro benzene ring substituents is 1. The number of hydrogen-bond acceptors (Lipinski definition) is 4. The second-order valence-electron chi connectivity index (χ2n) is 4.46. The summed E-state index contributed by atoms with van der Waals surface area (Å²) in [5, 5.41) is 19.9. The first-order chi connectivity index (χ1) is 8.99. The predicted octanol–water partition coefficient (Wildman–Crippen LogP) is 2.80. The number of rotatable bonds is 6. The van der Waals surface area contributed by atoms with Crippen LogP contribution in [0.1, 0.15) is 19.3 Å². The summed E-state index contributed by atoms with van der Waals surface area (Å²) in [5.74, 6) is -0.898. The number of carbonyl (C=O) groups is 1. The molecule has 1 saturated carbocycles. The molecule has 2 rings (SSSR count). The third-order valence-electron chi connectivity index (χ3n) is 3.00. The normalized spacial score (nSPS) is 14.2. The van der Waals surface area contributed by atoms with Gasteiger partial charge in [0.05, 0.1) is 11.3 Å². The molecule has 0 bridgehead atoms. The molecule has 0 atom stereocenters. The van der Waals surface area contributed by atoms with Crippen molar-refractivity contribution >= 4 is 33.3 Å². The molecule has 6 nitrogen and oxygen atoms in total. The van der Waals surface area contributed by atoms with E-state index in [-0.39, 0.29) is 18.2 Å². The molecular weight excluding hydrogens is 316 g/mol. The molecule has 0 saturated heterocycles. The van der Waals surface area contributed by atoms with Crippen LogP contribution in [0, 0.1) is 10.1 Å². The maximum absolute atomic E-state index is 11.1. The van der Waals surface area contributed by atoms with Crippen molar-refractivity contribution < 1.29 is 14.8 Å². The number of carboxylic acid groups (broad SMARTS) is 1. The third-order valence-corrected chi connectivity index (χ3v) is 3.49. The number of halogens is 1. The SMILES string of the molecule is O=C(O)CCN(c1ccc(Br)cc1[N+](=O)[O-])C1CC1. The van der Waals surface area contributed by atoms with Crippen molar-refractivity contribution in [3.05, 3.63) is 32.8 Å². The van der Waals surface area contributed by atoms with Gasteiger partial charge >= 0.3 is 5.97 Å². The number of anilines is 1. The van der Waals surface area contributed by atoms with E-state index in [0.717, 1.165) is 12.8 Å². The summed E-state index contributed by atoms with van der Waals surface area (Å²) < 4.78 is 0.636. The number of aliphatic carboxylic acids is 1. The molecule has 1 aromatic rings. The monoisotopic (exact) mass is 328 g/mol. The van der Waals surface area contributed by atoms with Crippen LogP contribution in [0.2, 0.25) is 0 Å². The average molecular weight is 329 g/mol. The Labute approximate surface area is 118 Å². The summed E-state index contributed by atoms with van der Waals surface area (Å²) in [6.07, 6.45) is 1.88. The molecular formula is C12H13BrN2O4. The Balaban J connectivity index is 2.30. The van der Waals surface area contributed by atoms with Crippen LogP contribution in [0.25, 0.3) is 0 Å². The second-order valence-corrected chi connectivity index (χ2v) is 5.37. The van der Waals surface area contributed by atoms with Crippen LogP contribution in [-0.2, 0) is 4.79 Å². The van der Waals surface area contributed by atoms with Gasteiger partial charge in [-0.05, 0) is 25.0 Å². The van der Waals surface area contributed by atoms with Gasteiger partial charge in [-0.3, -0.25) is 14.9 Å². The lowest BCUT2D eigenvalue weighted by molar-refractivity contribution is -0.384. The molecule has 0 heterocycles. The van der Waals surface area contributed by atoms with Crippen molar-refractivity contribution in [2.24, 2.45) is 0 Å². The Morgan fingerprint density at radius 2 is 2.21 bits per heavy atom. The van der Waals surface area contributed by atoms with Gasteiger partial charge in [0.25, 0.3) is 5.69 Å². The Bertz CT molecular complexity index is 516. The van der Waals surface area contributed by atoms with Crippen molar-refractivity contribution in [1.29, 1.82) is 0 Å². The van der Waals surface area contributed by atoms with E-state index < -0.39 is 10.9 Å². The van der Waals surface area contributed by atoms with Crippen molar-refractivity contribution in [1.82, 2.24) is 0 Å². The minimum absolute atomic E-state index is 0.00617. The summed E-state index contributed by atoms with van der Waals surface area (Å²) in [7, 11) is 0. The number of nitro groups is 1. The van der Waals surface area contributed by atoms with Crippen LogP contribution >= 0.6 is 15.9 Å². The van der Waals surface area contributed by atoms with Gasteiger partial charge in [0.1, 0.15) is 5.69 Å². The lowest BCUT2D eigenvalue weighted by Gasteiger charge is -2.23.